The summed E-state index contributed by atoms with van der Waals surface area (Å²) in [5.74, 6) is 0.570. The van der Waals surface area contributed by atoms with E-state index in [1.54, 1.807) is 24.3 Å². The number of aryl methyl sites for hydroxylation is 1. The van der Waals surface area contributed by atoms with Crippen molar-refractivity contribution in [2.24, 2.45) is 5.92 Å². The third-order valence-corrected chi connectivity index (χ3v) is 4.62. The molecule has 0 aromatic heterocycles. The van der Waals surface area contributed by atoms with E-state index in [1.165, 1.54) is 0 Å². The summed E-state index contributed by atoms with van der Waals surface area (Å²) in [6.07, 6.45) is 1.97. The van der Waals surface area contributed by atoms with Gasteiger partial charge in [0.05, 0.1) is 6.10 Å². The molecule has 3 N–H and O–H groups in total. The van der Waals surface area contributed by atoms with E-state index < -0.39 is 0 Å². The smallest absolute Gasteiger partial charge is 0.257 e. The van der Waals surface area contributed by atoms with Gasteiger partial charge < -0.3 is 15.4 Å². The Bertz CT molecular complexity index is 921. The number of hydrogen-bond donors (Lipinski definition) is 3. The Morgan fingerprint density at radius 1 is 1.07 bits per heavy atom. The SMILES string of the molecule is Cc1ccc(NC(=S)NC(=O)c2ccc(OC(C)C)cc2)cc1NC(=O)C1CC1. The van der Waals surface area contributed by atoms with Gasteiger partial charge in [0, 0.05) is 22.9 Å². The van der Waals surface area contributed by atoms with E-state index in [0.29, 0.717) is 17.0 Å². The van der Waals surface area contributed by atoms with Gasteiger partial charge in [-0.15, -0.1) is 0 Å². The molecule has 29 heavy (non-hydrogen) atoms. The largest absolute Gasteiger partial charge is 0.491 e. The van der Waals surface area contributed by atoms with Crippen LogP contribution >= 0.6 is 12.2 Å². The maximum atomic E-state index is 12.4. The van der Waals surface area contributed by atoms with Crippen LogP contribution in [-0.4, -0.2) is 23.0 Å². The molecule has 0 aliphatic heterocycles. The lowest BCUT2D eigenvalue weighted by Gasteiger charge is -2.13. The highest BCUT2D eigenvalue weighted by atomic mass is 32.1. The van der Waals surface area contributed by atoms with Gasteiger partial charge in [-0.2, -0.15) is 0 Å². The Morgan fingerprint density at radius 2 is 1.76 bits per heavy atom. The normalized spacial score (nSPS) is 13.0. The van der Waals surface area contributed by atoms with Gasteiger partial charge in [0.2, 0.25) is 5.91 Å². The maximum Gasteiger partial charge on any atom is 0.257 e. The topological polar surface area (TPSA) is 79.5 Å². The highest BCUT2D eigenvalue weighted by molar-refractivity contribution is 7.80. The van der Waals surface area contributed by atoms with Crippen molar-refractivity contribution < 1.29 is 14.3 Å². The summed E-state index contributed by atoms with van der Waals surface area (Å²) in [7, 11) is 0. The van der Waals surface area contributed by atoms with Crippen LogP contribution in [0, 0.1) is 12.8 Å². The predicted octanol–water partition coefficient (Wildman–Crippen LogP) is 4.26. The van der Waals surface area contributed by atoms with Gasteiger partial charge in [0.15, 0.2) is 5.11 Å². The fourth-order valence-corrected chi connectivity index (χ4v) is 2.92. The van der Waals surface area contributed by atoms with Crippen LogP contribution in [0.3, 0.4) is 0 Å². The number of rotatable bonds is 6. The molecule has 1 fully saturated rings. The van der Waals surface area contributed by atoms with Crippen molar-refractivity contribution in [3.8, 4) is 5.75 Å². The third kappa shape index (κ3) is 6.02. The van der Waals surface area contributed by atoms with Gasteiger partial charge in [0.1, 0.15) is 5.75 Å². The molecule has 7 heteroatoms. The second kappa shape index (κ2) is 9.05. The summed E-state index contributed by atoms with van der Waals surface area (Å²) in [5.41, 5.74) is 2.87. The molecule has 2 amide bonds. The van der Waals surface area contributed by atoms with Crippen molar-refractivity contribution in [3.63, 3.8) is 0 Å². The Kier molecular flexibility index (Phi) is 6.49. The molecular weight excluding hydrogens is 386 g/mol. The lowest BCUT2D eigenvalue weighted by molar-refractivity contribution is -0.117. The van der Waals surface area contributed by atoms with Crippen LogP contribution in [0.25, 0.3) is 0 Å². The monoisotopic (exact) mass is 411 g/mol. The number of amides is 2. The molecule has 0 heterocycles. The quantitative estimate of drug-likeness (QED) is 0.619. The van der Waals surface area contributed by atoms with E-state index in [0.717, 1.165) is 24.1 Å². The van der Waals surface area contributed by atoms with Crippen molar-refractivity contribution in [1.29, 1.82) is 0 Å². The number of benzene rings is 2. The van der Waals surface area contributed by atoms with Gasteiger partial charge in [-0.05, 0) is 87.8 Å². The number of carbonyl (C=O) groups excluding carboxylic acids is 2. The fraction of sp³-hybridized carbons (Fsp3) is 0.318. The van der Waals surface area contributed by atoms with Crippen LogP contribution in [0.2, 0.25) is 0 Å². The summed E-state index contributed by atoms with van der Waals surface area (Å²) < 4.78 is 5.58. The molecule has 1 aliphatic rings. The molecule has 3 rings (SSSR count). The summed E-state index contributed by atoms with van der Waals surface area (Å²) >= 11 is 5.26. The average molecular weight is 412 g/mol. The van der Waals surface area contributed by atoms with Gasteiger partial charge in [0.25, 0.3) is 5.91 Å². The predicted molar refractivity (Wildman–Crippen MR) is 118 cm³/mol. The van der Waals surface area contributed by atoms with Gasteiger partial charge >= 0.3 is 0 Å². The average Bonchev–Trinajstić information content (AvgIpc) is 3.49. The van der Waals surface area contributed by atoms with Crippen molar-refractivity contribution >= 4 is 40.5 Å². The zero-order valence-electron chi connectivity index (χ0n) is 16.7. The number of nitrogens with one attached hydrogen (secondary N) is 3. The molecule has 1 saturated carbocycles. The van der Waals surface area contributed by atoms with E-state index in [4.69, 9.17) is 17.0 Å². The van der Waals surface area contributed by atoms with E-state index in [9.17, 15) is 9.59 Å². The van der Waals surface area contributed by atoms with E-state index in [-0.39, 0.29) is 28.9 Å². The molecule has 0 spiro atoms. The minimum absolute atomic E-state index is 0.0472. The molecule has 2 aromatic rings. The standard InChI is InChI=1S/C22H25N3O3S/c1-13(2)28-18-10-7-16(8-11-18)21(27)25-22(29)23-17-9-4-14(3)19(12-17)24-20(26)15-5-6-15/h4,7-13,15H,5-6H2,1-3H3,(H,24,26)(H2,23,25,27,29). The van der Waals surface area contributed by atoms with E-state index >= 15 is 0 Å². The highest BCUT2D eigenvalue weighted by Crippen LogP contribution is 2.31. The van der Waals surface area contributed by atoms with Crippen LogP contribution < -0.4 is 20.7 Å². The molecular formula is C22H25N3O3S. The number of hydrogen-bond acceptors (Lipinski definition) is 4. The van der Waals surface area contributed by atoms with Crippen molar-refractivity contribution in [3.05, 3.63) is 53.6 Å². The van der Waals surface area contributed by atoms with Gasteiger partial charge in [-0.1, -0.05) is 6.07 Å². The number of anilines is 2. The van der Waals surface area contributed by atoms with E-state index in [2.05, 4.69) is 16.0 Å². The summed E-state index contributed by atoms with van der Waals surface area (Å²) in [5, 5.41) is 8.78. The van der Waals surface area contributed by atoms with Gasteiger partial charge in [-0.3, -0.25) is 14.9 Å². The van der Waals surface area contributed by atoms with Crippen molar-refractivity contribution in [1.82, 2.24) is 5.32 Å². The van der Waals surface area contributed by atoms with Crippen LogP contribution in [0.15, 0.2) is 42.5 Å². The molecule has 0 atom stereocenters. The van der Waals surface area contributed by atoms with E-state index in [1.807, 2.05) is 39.0 Å². The van der Waals surface area contributed by atoms with Crippen LogP contribution in [0.4, 0.5) is 11.4 Å². The number of ether oxygens (including phenoxy) is 1. The van der Waals surface area contributed by atoms with Gasteiger partial charge in [-0.25, -0.2) is 0 Å². The zero-order chi connectivity index (χ0) is 21.0. The summed E-state index contributed by atoms with van der Waals surface area (Å²) in [6.45, 7) is 5.82. The number of carbonyl (C=O) groups is 2. The Labute approximate surface area is 176 Å². The molecule has 0 unspecified atom stereocenters. The molecule has 0 saturated heterocycles. The second-order valence-corrected chi connectivity index (χ2v) is 7.80. The minimum atomic E-state index is -0.312. The van der Waals surface area contributed by atoms with Crippen LogP contribution in [-0.2, 0) is 4.79 Å². The lowest BCUT2D eigenvalue weighted by Crippen LogP contribution is -2.34. The Morgan fingerprint density at radius 3 is 2.38 bits per heavy atom. The highest BCUT2D eigenvalue weighted by Gasteiger charge is 2.29. The molecule has 6 nitrogen and oxygen atoms in total. The number of thiocarbonyl (C=S) groups is 1. The molecule has 0 bridgehead atoms. The minimum Gasteiger partial charge on any atom is -0.491 e. The third-order valence-electron chi connectivity index (χ3n) is 4.42. The molecule has 1 aliphatic carbocycles. The Hall–Kier alpha value is -2.93. The van der Waals surface area contributed by atoms with Crippen molar-refractivity contribution in [2.75, 3.05) is 10.6 Å². The first kappa shape index (κ1) is 20.8. The van der Waals surface area contributed by atoms with Crippen LogP contribution in [0.1, 0.15) is 42.6 Å². The van der Waals surface area contributed by atoms with Crippen LogP contribution in [0.5, 0.6) is 5.75 Å². The first-order chi connectivity index (χ1) is 13.8. The molecule has 152 valence electrons. The molecule has 0 radical (unpaired) electrons. The summed E-state index contributed by atoms with van der Waals surface area (Å²) in [6, 6.07) is 12.4. The lowest BCUT2D eigenvalue weighted by atomic mass is 10.1. The summed E-state index contributed by atoms with van der Waals surface area (Å²) in [4.78, 5) is 24.4. The zero-order valence-corrected chi connectivity index (χ0v) is 17.6. The van der Waals surface area contributed by atoms with Crippen molar-refractivity contribution in [2.45, 2.75) is 39.7 Å². The molecule has 2 aromatic carbocycles. The maximum absolute atomic E-state index is 12.4. The first-order valence-electron chi connectivity index (χ1n) is 9.62. The second-order valence-electron chi connectivity index (χ2n) is 7.39. The fourth-order valence-electron chi connectivity index (χ4n) is 2.71. The first-order valence-corrected chi connectivity index (χ1v) is 10.0. The Balaban J connectivity index is 1.58.